The minimum Gasteiger partial charge on any atom is -0.444 e. The molecule has 0 aliphatic rings. The highest BCUT2D eigenvalue weighted by atomic mass is 16.6. The van der Waals surface area contributed by atoms with Crippen LogP contribution in [0.5, 0.6) is 0 Å². The number of ether oxygens (including phenoxy) is 1. The predicted molar refractivity (Wildman–Crippen MR) is 82.6 cm³/mol. The van der Waals surface area contributed by atoms with Crippen LogP contribution in [0.1, 0.15) is 27.7 Å². The zero-order valence-corrected chi connectivity index (χ0v) is 13.0. The number of nitrogens with zero attached hydrogens (tertiary/aromatic N) is 2. The first-order chi connectivity index (χ1) is 10.1. The Balaban J connectivity index is 2.52. The number of nitro groups is 1. The summed E-state index contributed by atoms with van der Waals surface area (Å²) in [6, 6.07) is 2.57. The lowest BCUT2D eigenvalue weighted by Gasteiger charge is -2.21. The van der Waals surface area contributed by atoms with Crippen LogP contribution in [-0.4, -0.2) is 34.2 Å². The molecule has 0 bridgehead atoms. The third kappa shape index (κ3) is 5.81. The SMILES string of the molecule is CC(CNC(=O)OC(C)(C)C)Nc1ccc([N+](=O)[O-])c(N)n1. The summed E-state index contributed by atoms with van der Waals surface area (Å²) in [6.07, 6.45) is -0.516. The van der Waals surface area contributed by atoms with Crippen LogP contribution in [0.2, 0.25) is 0 Å². The van der Waals surface area contributed by atoms with Gasteiger partial charge in [0, 0.05) is 18.7 Å². The minimum atomic E-state index is -0.598. The monoisotopic (exact) mass is 311 g/mol. The Kier molecular flexibility index (Phi) is 5.50. The molecule has 1 amide bonds. The van der Waals surface area contributed by atoms with E-state index in [2.05, 4.69) is 15.6 Å². The molecule has 0 aliphatic heterocycles. The second-order valence-electron chi connectivity index (χ2n) is 5.79. The van der Waals surface area contributed by atoms with Crippen LogP contribution >= 0.6 is 0 Å². The lowest BCUT2D eigenvalue weighted by molar-refractivity contribution is -0.384. The van der Waals surface area contributed by atoms with Crippen LogP contribution in [-0.2, 0) is 4.74 Å². The summed E-state index contributed by atoms with van der Waals surface area (Å²) in [4.78, 5) is 25.5. The van der Waals surface area contributed by atoms with Crippen molar-refractivity contribution in [3.63, 3.8) is 0 Å². The van der Waals surface area contributed by atoms with Gasteiger partial charge in [-0.15, -0.1) is 0 Å². The van der Waals surface area contributed by atoms with Gasteiger partial charge < -0.3 is 21.1 Å². The predicted octanol–water partition coefficient (Wildman–Crippen LogP) is 1.90. The molecule has 0 saturated heterocycles. The fourth-order valence-electron chi connectivity index (χ4n) is 1.56. The van der Waals surface area contributed by atoms with Gasteiger partial charge in [-0.05, 0) is 33.8 Å². The van der Waals surface area contributed by atoms with Crippen LogP contribution in [0.25, 0.3) is 0 Å². The van der Waals surface area contributed by atoms with Gasteiger partial charge in [0.1, 0.15) is 11.4 Å². The molecule has 1 rings (SSSR count). The molecule has 1 unspecified atom stereocenters. The molecule has 1 aromatic heterocycles. The van der Waals surface area contributed by atoms with Gasteiger partial charge in [-0.3, -0.25) is 10.1 Å². The Bertz CT molecular complexity index is 556. The number of rotatable bonds is 5. The van der Waals surface area contributed by atoms with E-state index in [-0.39, 0.29) is 17.5 Å². The summed E-state index contributed by atoms with van der Waals surface area (Å²) >= 11 is 0. The van der Waals surface area contributed by atoms with E-state index in [4.69, 9.17) is 10.5 Å². The fraction of sp³-hybridized carbons (Fsp3) is 0.538. The van der Waals surface area contributed by atoms with E-state index in [0.717, 1.165) is 0 Å². The Labute approximate surface area is 128 Å². The average Bonchev–Trinajstić information content (AvgIpc) is 2.34. The Morgan fingerprint density at radius 3 is 2.64 bits per heavy atom. The minimum absolute atomic E-state index is 0.165. The van der Waals surface area contributed by atoms with E-state index in [1.165, 1.54) is 12.1 Å². The van der Waals surface area contributed by atoms with Gasteiger partial charge in [0.25, 0.3) is 0 Å². The molecule has 0 radical (unpaired) electrons. The highest BCUT2D eigenvalue weighted by Crippen LogP contribution is 2.20. The van der Waals surface area contributed by atoms with E-state index in [9.17, 15) is 14.9 Å². The zero-order valence-electron chi connectivity index (χ0n) is 13.0. The molecular formula is C13H21N5O4. The van der Waals surface area contributed by atoms with E-state index >= 15 is 0 Å². The number of amides is 1. The first kappa shape index (κ1) is 17.5. The average molecular weight is 311 g/mol. The molecule has 22 heavy (non-hydrogen) atoms. The molecule has 122 valence electrons. The van der Waals surface area contributed by atoms with Gasteiger partial charge in [-0.25, -0.2) is 9.78 Å². The molecule has 1 aromatic rings. The summed E-state index contributed by atoms with van der Waals surface area (Å²) in [5, 5.41) is 16.2. The number of anilines is 2. The molecule has 0 saturated carbocycles. The van der Waals surface area contributed by atoms with Gasteiger partial charge >= 0.3 is 11.8 Å². The van der Waals surface area contributed by atoms with Crippen molar-refractivity contribution in [1.82, 2.24) is 10.3 Å². The van der Waals surface area contributed by atoms with E-state index in [1.807, 2.05) is 6.92 Å². The standard InChI is InChI=1S/C13H21N5O4/c1-8(7-15-12(19)22-13(2,3)4)16-10-6-5-9(18(20)21)11(14)17-10/h5-6,8H,7H2,1-4H3,(H,15,19)(H3,14,16,17). The molecule has 0 fully saturated rings. The van der Waals surface area contributed by atoms with Crippen molar-refractivity contribution in [1.29, 1.82) is 0 Å². The van der Waals surface area contributed by atoms with Crippen molar-refractivity contribution in [2.24, 2.45) is 0 Å². The van der Waals surface area contributed by atoms with Crippen LogP contribution in [0.15, 0.2) is 12.1 Å². The zero-order chi connectivity index (χ0) is 16.9. The molecule has 0 aliphatic carbocycles. The molecular weight excluding hydrogens is 290 g/mol. The second-order valence-corrected chi connectivity index (χ2v) is 5.79. The smallest absolute Gasteiger partial charge is 0.407 e. The third-order valence-corrected chi connectivity index (χ3v) is 2.44. The van der Waals surface area contributed by atoms with E-state index < -0.39 is 16.6 Å². The van der Waals surface area contributed by atoms with Gasteiger partial charge in [0.15, 0.2) is 0 Å². The number of nitrogen functional groups attached to an aromatic ring is 1. The Morgan fingerprint density at radius 1 is 1.50 bits per heavy atom. The van der Waals surface area contributed by atoms with Crippen molar-refractivity contribution in [2.45, 2.75) is 39.3 Å². The van der Waals surface area contributed by atoms with Crippen molar-refractivity contribution in [3.05, 3.63) is 22.2 Å². The topological polar surface area (TPSA) is 132 Å². The van der Waals surface area contributed by atoms with Gasteiger partial charge in [-0.1, -0.05) is 0 Å². The van der Waals surface area contributed by atoms with Crippen LogP contribution in [0.4, 0.5) is 22.1 Å². The molecule has 9 heteroatoms. The maximum Gasteiger partial charge on any atom is 0.407 e. The number of nitrogens with one attached hydrogen (secondary N) is 2. The van der Waals surface area contributed by atoms with Crippen molar-refractivity contribution in [3.8, 4) is 0 Å². The molecule has 4 N–H and O–H groups in total. The molecule has 9 nitrogen and oxygen atoms in total. The lowest BCUT2D eigenvalue weighted by Crippen LogP contribution is -2.38. The van der Waals surface area contributed by atoms with Gasteiger partial charge in [0.05, 0.1) is 4.92 Å². The normalized spacial score (nSPS) is 12.4. The number of aromatic nitrogens is 1. The third-order valence-electron chi connectivity index (χ3n) is 2.44. The summed E-state index contributed by atoms with van der Waals surface area (Å²) < 4.78 is 5.11. The summed E-state index contributed by atoms with van der Waals surface area (Å²) in [5.74, 6) is 0.226. The number of alkyl carbamates (subject to hydrolysis) is 1. The van der Waals surface area contributed by atoms with Crippen molar-refractivity contribution >= 4 is 23.4 Å². The molecule has 0 spiro atoms. The molecule has 0 aromatic carbocycles. The number of pyridine rings is 1. The van der Waals surface area contributed by atoms with Crippen LogP contribution < -0.4 is 16.4 Å². The second kappa shape index (κ2) is 6.92. The number of hydrogen-bond donors (Lipinski definition) is 3. The lowest BCUT2D eigenvalue weighted by atomic mass is 10.2. The first-order valence-corrected chi connectivity index (χ1v) is 6.73. The summed E-state index contributed by atoms with van der Waals surface area (Å²) in [5.41, 5.74) is 4.70. The highest BCUT2D eigenvalue weighted by Gasteiger charge is 2.17. The highest BCUT2D eigenvalue weighted by molar-refractivity contribution is 5.67. The summed E-state index contributed by atoms with van der Waals surface area (Å²) in [6.45, 7) is 7.44. The van der Waals surface area contributed by atoms with E-state index in [1.54, 1.807) is 20.8 Å². The summed E-state index contributed by atoms with van der Waals surface area (Å²) in [7, 11) is 0. The fourth-order valence-corrected chi connectivity index (χ4v) is 1.56. The number of carbonyl (C=O) groups is 1. The number of hydrogen-bond acceptors (Lipinski definition) is 7. The molecule has 1 atom stereocenters. The maximum absolute atomic E-state index is 11.5. The maximum atomic E-state index is 11.5. The Hall–Kier alpha value is -2.58. The van der Waals surface area contributed by atoms with Crippen LogP contribution in [0.3, 0.4) is 0 Å². The van der Waals surface area contributed by atoms with Crippen LogP contribution in [0, 0.1) is 10.1 Å². The number of nitrogens with two attached hydrogens (primary N) is 1. The van der Waals surface area contributed by atoms with Crippen molar-refractivity contribution in [2.75, 3.05) is 17.6 Å². The molecule has 1 heterocycles. The van der Waals surface area contributed by atoms with E-state index in [0.29, 0.717) is 12.4 Å². The Morgan fingerprint density at radius 2 is 2.14 bits per heavy atom. The van der Waals surface area contributed by atoms with Gasteiger partial charge in [0.2, 0.25) is 5.82 Å². The van der Waals surface area contributed by atoms with Crippen molar-refractivity contribution < 1.29 is 14.5 Å². The number of carbonyl (C=O) groups excluding carboxylic acids is 1. The van der Waals surface area contributed by atoms with Gasteiger partial charge in [-0.2, -0.15) is 0 Å². The quantitative estimate of drug-likeness (QED) is 0.558. The first-order valence-electron chi connectivity index (χ1n) is 6.73. The largest absolute Gasteiger partial charge is 0.444 e.